The number of carbonyl (C=O) groups excluding carboxylic acids is 1. The summed E-state index contributed by atoms with van der Waals surface area (Å²) < 4.78 is 13.5. The second-order valence-electron chi connectivity index (χ2n) is 7.41. The van der Waals surface area contributed by atoms with Crippen molar-refractivity contribution in [3.63, 3.8) is 0 Å². The number of rotatable bonds is 4. The number of anilines is 1. The van der Waals surface area contributed by atoms with Gasteiger partial charge in [-0.2, -0.15) is 10.5 Å². The number of likely N-dealkylation sites (tertiary alicyclic amines) is 1. The van der Waals surface area contributed by atoms with Gasteiger partial charge in [0.1, 0.15) is 18.3 Å². The van der Waals surface area contributed by atoms with Crippen molar-refractivity contribution in [1.29, 1.82) is 10.5 Å². The topological polar surface area (TPSA) is 83.2 Å². The molecule has 2 saturated heterocycles. The highest BCUT2D eigenvalue weighted by atomic mass is 35.5. The molecule has 3 aliphatic rings. The molecule has 1 aliphatic carbocycles. The number of nitrogens with one attached hydrogen (secondary N) is 1. The van der Waals surface area contributed by atoms with Crippen LogP contribution in [0.15, 0.2) is 18.2 Å². The number of carbonyl (C=O) groups is 1. The number of nitrogens with zero attached hydrogens (tertiary/aromatic N) is 4. The van der Waals surface area contributed by atoms with Crippen LogP contribution in [0.25, 0.3) is 0 Å². The number of nitriles is 2. The lowest BCUT2D eigenvalue weighted by atomic mass is 10.1. The minimum Gasteiger partial charge on any atom is -0.370 e. The van der Waals surface area contributed by atoms with Gasteiger partial charge in [-0.1, -0.05) is 17.7 Å². The van der Waals surface area contributed by atoms with Gasteiger partial charge in [0.25, 0.3) is 0 Å². The van der Waals surface area contributed by atoms with Gasteiger partial charge in [0.2, 0.25) is 5.91 Å². The summed E-state index contributed by atoms with van der Waals surface area (Å²) in [5.41, 5.74) is 1.35. The number of fused-ring (bicyclic) bond motifs is 1. The van der Waals surface area contributed by atoms with Crippen LogP contribution >= 0.6 is 11.6 Å². The Labute approximate surface area is 162 Å². The molecule has 2 aliphatic heterocycles. The maximum Gasteiger partial charge on any atom is 0.237 e. The second kappa shape index (κ2) is 6.99. The van der Waals surface area contributed by atoms with Crippen molar-refractivity contribution >= 4 is 23.2 Å². The molecule has 27 heavy (non-hydrogen) atoms. The molecule has 0 aromatic heterocycles. The summed E-state index contributed by atoms with van der Waals surface area (Å²) in [5.74, 6) is 0.621. The van der Waals surface area contributed by atoms with Gasteiger partial charge in [-0.25, -0.2) is 4.39 Å². The smallest absolute Gasteiger partial charge is 0.237 e. The van der Waals surface area contributed by atoms with Gasteiger partial charge in [0, 0.05) is 25.6 Å². The molecule has 0 bridgehead atoms. The maximum absolute atomic E-state index is 13.5. The van der Waals surface area contributed by atoms with E-state index in [-0.39, 0.29) is 31.5 Å². The van der Waals surface area contributed by atoms with Gasteiger partial charge in [-0.05, 0) is 24.0 Å². The summed E-state index contributed by atoms with van der Waals surface area (Å²) in [5, 5.41) is 22.1. The molecule has 0 radical (unpaired) electrons. The average Bonchev–Trinajstić information content (AvgIpc) is 2.99. The molecule has 6 nitrogen and oxygen atoms in total. The van der Waals surface area contributed by atoms with E-state index in [0.717, 1.165) is 18.8 Å². The van der Waals surface area contributed by atoms with E-state index >= 15 is 0 Å². The first-order valence-corrected chi connectivity index (χ1v) is 9.41. The maximum atomic E-state index is 13.5. The van der Waals surface area contributed by atoms with E-state index in [4.69, 9.17) is 16.9 Å². The SMILES string of the molecule is N#Cc1c(Cl)cccc1N1CC2C(C1)C2NCC(=O)N1C[C@@H](F)C[C@H]1C#N. The van der Waals surface area contributed by atoms with Gasteiger partial charge in [-0.15, -0.1) is 0 Å². The Kier molecular flexibility index (Phi) is 4.67. The largest absolute Gasteiger partial charge is 0.370 e. The highest BCUT2D eigenvalue weighted by molar-refractivity contribution is 6.32. The lowest BCUT2D eigenvalue weighted by Gasteiger charge is -2.24. The lowest BCUT2D eigenvalue weighted by molar-refractivity contribution is -0.130. The molecule has 0 spiro atoms. The number of hydrogen-bond donors (Lipinski definition) is 1. The van der Waals surface area contributed by atoms with Crippen molar-refractivity contribution in [1.82, 2.24) is 10.2 Å². The van der Waals surface area contributed by atoms with Crippen LogP contribution < -0.4 is 10.2 Å². The molecule has 2 unspecified atom stereocenters. The molecule has 1 N–H and O–H groups in total. The monoisotopic (exact) mass is 387 g/mol. The van der Waals surface area contributed by atoms with Gasteiger partial charge >= 0.3 is 0 Å². The van der Waals surface area contributed by atoms with Crippen LogP contribution in [0.5, 0.6) is 0 Å². The van der Waals surface area contributed by atoms with E-state index in [2.05, 4.69) is 16.3 Å². The van der Waals surface area contributed by atoms with Crippen LogP contribution in [0.2, 0.25) is 5.02 Å². The number of alkyl halides is 1. The first-order valence-electron chi connectivity index (χ1n) is 9.03. The van der Waals surface area contributed by atoms with Gasteiger partial charge < -0.3 is 15.1 Å². The summed E-state index contributed by atoms with van der Waals surface area (Å²) in [7, 11) is 0. The minimum absolute atomic E-state index is 0.00967. The van der Waals surface area contributed by atoms with Crippen molar-refractivity contribution in [2.75, 3.05) is 31.1 Å². The zero-order chi connectivity index (χ0) is 19.1. The van der Waals surface area contributed by atoms with E-state index in [0.29, 0.717) is 22.4 Å². The van der Waals surface area contributed by atoms with E-state index < -0.39 is 12.2 Å². The fraction of sp³-hybridized carbons (Fsp3) is 0.526. The van der Waals surface area contributed by atoms with Crippen LogP contribution in [0.4, 0.5) is 10.1 Å². The van der Waals surface area contributed by atoms with Gasteiger partial charge in [0.05, 0.1) is 35.4 Å². The molecule has 4 atom stereocenters. The Hall–Kier alpha value is -2.35. The summed E-state index contributed by atoms with van der Waals surface area (Å²) in [6, 6.07) is 9.23. The fourth-order valence-corrected chi connectivity index (χ4v) is 4.61. The van der Waals surface area contributed by atoms with Crippen LogP contribution in [0.3, 0.4) is 0 Å². The highest BCUT2D eigenvalue weighted by Gasteiger charge is 2.56. The van der Waals surface area contributed by atoms with Crippen LogP contribution in [0, 0.1) is 34.5 Å². The van der Waals surface area contributed by atoms with Crippen molar-refractivity contribution in [3.05, 3.63) is 28.8 Å². The van der Waals surface area contributed by atoms with Crippen LogP contribution in [-0.4, -0.2) is 55.2 Å². The number of halogens is 2. The summed E-state index contributed by atoms with van der Waals surface area (Å²) in [4.78, 5) is 15.8. The van der Waals surface area contributed by atoms with E-state index in [1.54, 1.807) is 6.07 Å². The second-order valence-corrected chi connectivity index (χ2v) is 7.82. The predicted octanol–water partition coefficient (Wildman–Crippen LogP) is 1.70. The molecule has 1 saturated carbocycles. The van der Waals surface area contributed by atoms with Crippen LogP contribution in [-0.2, 0) is 4.79 Å². The molecule has 3 fully saturated rings. The normalized spacial score (nSPS) is 31.3. The Morgan fingerprint density at radius 3 is 2.70 bits per heavy atom. The van der Waals surface area contributed by atoms with Gasteiger partial charge in [0.15, 0.2) is 0 Å². The third-order valence-electron chi connectivity index (χ3n) is 5.85. The summed E-state index contributed by atoms with van der Waals surface area (Å²) in [6.07, 6.45) is -1.01. The molecule has 140 valence electrons. The van der Waals surface area contributed by atoms with E-state index in [1.807, 2.05) is 18.2 Å². The Morgan fingerprint density at radius 1 is 1.30 bits per heavy atom. The average molecular weight is 388 g/mol. The molecule has 1 aromatic carbocycles. The quantitative estimate of drug-likeness (QED) is 0.850. The summed E-state index contributed by atoms with van der Waals surface area (Å²) >= 11 is 6.11. The third kappa shape index (κ3) is 3.22. The van der Waals surface area contributed by atoms with E-state index in [9.17, 15) is 14.4 Å². The molecule has 1 aromatic rings. The number of piperidine rings is 1. The zero-order valence-corrected chi connectivity index (χ0v) is 15.4. The molecule has 2 heterocycles. The summed E-state index contributed by atoms with van der Waals surface area (Å²) in [6.45, 7) is 1.75. The predicted molar refractivity (Wildman–Crippen MR) is 97.8 cm³/mol. The van der Waals surface area contributed by atoms with Gasteiger partial charge in [-0.3, -0.25) is 4.79 Å². The zero-order valence-electron chi connectivity index (χ0n) is 14.6. The Bertz CT molecular complexity index is 837. The van der Waals surface area contributed by atoms with E-state index in [1.165, 1.54) is 4.90 Å². The van der Waals surface area contributed by atoms with Crippen molar-refractivity contribution < 1.29 is 9.18 Å². The third-order valence-corrected chi connectivity index (χ3v) is 6.16. The highest BCUT2D eigenvalue weighted by Crippen LogP contribution is 2.47. The molecule has 4 rings (SSSR count). The van der Waals surface area contributed by atoms with Crippen molar-refractivity contribution in [2.24, 2.45) is 11.8 Å². The Morgan fingerprint density at radius 2 is 2.04 bits per heavy atom. The number of benzene rings is 1. The molecule has 8 heteroatoms. The van der Waals surface area contributed by atoms with Crippen molar-refractivity contribution in [2.45, 2.75) is 24.7 Å². The first kappa shape index (κ1) is 18.0. The molecule has 1 amide bonds. The first-order chi connectivity index (χ1) is 13.0. The van der Waals surface area contributed by atoms with Crippen LogP contribution in [0.1, 0.15) is 12.0 Å². The fourth-order valence-electron chi connectivity index (χ4n) is 4.40. The number of hydrogen-bond acceptors (Lipinski definition) is 5. The molecular weight excluding hydrogens is 369 g/mol. The Balaban J connectivity index is 1.30. The minimum atomic E-state index is -1.11. The van der Waals surface area contributed by atoms with Crippen molar-refractivity contribution in [3.8, 4) is 12.1 Å². The molecular formula is C19H19ClFN5O. The number of amides is 1. The standard InChI is InChI=1S/C19H19ClFN5O/c20-16-2-1-3-17(13(16)6-23)25-9-14-15(10-25)19(14)24-7-18(27)26-8-11(21)4-12(26)5-22/h1-3,11-12,14-15,19,24H,4,7-10H2/t11-,12-,14?,15?,19?/m0/s1. The lowest BCUT2D eigenvalue weighted by Crippen LogP contribution is -2.43.